The molecule has 0 spiro atoms. The van der Waals surface area contributed by atoms with Crippen molar-refractivity contribution in [3.63, 3.8) is 0 Å². The maximum absolute atomic E-state index is 13.4. The average Bonchev–Trinajstić information content (AvgIpc) is 2.73. The summed E-state index contributed by atoms with van der Waals surface area (Å²) in [5, 5.41) is 12.0. The van der Waals surface area contributed by atoms with Crippen LogP contribution in [0.15, 0.2) is 72.8 Å². The molecule has 1 aliphatic rings. The molecule has 0 aliphatic carbocycles. The van der Waals surface area contributed by atoms with Gasteiger partial charge in [-0.1, -0.05) is 24.3 Å². The third kappa shape index (κ3) is 3.26. The molecule has 3 aromatic rings. The minimum absolute atomic E-state index is 0.0331. The number of rotatable bonds is 4. The molecule has 138 valence electrons. The molecule has 5 nitrogen and oxygen atoms in total. The molecule has 1 N–H and O–H groups in total. The monoisotopic (exact) mass is 373 g/mol. The molecule has 0 unspecified atom stereocenters. The van der Waals surface area contributed by atoms with E-state index in [1.54, 1.807) is 35.2 Å². The highest BCUT2D eigenvalue weighted by molar-refractivity contribution is 6.12. The Morgan fingerprint density at radius 1 is 1.04 bits per heavy atom. The average molecular weight is 373 g/mol. The molecular weight excluding hydrogens is 357 g/mol. The zero-order valence-electron chi connectivity index (χ0n) is 14.8. The molecule has 6 heteroatoms. The lowest BCUT2D eigenvalue weighted by atomic mass is 10.0. The number of anilines is 2. The number of nitrogens with one attached hydrogen (secondary N) is 1. The van der Waals surface area contributed by atoms with Crippen molar-refractivity contribution < 1.29 is 13.9 Å². The van der Waals surface area contributed by atoms with Crippen molar-refractivity contribution in [2.45, 2.75) is 6.17 Å². The van der Waals surface area contributed by atoms with Gasteiger partial charge in [-0.05, 0) is 54.1 Å². The number of amides is 1. The van der Waals surface area contributed by atoms with Crippen LogP contribution in [0.4, 0.5) is 15.8 Å². The van der Waals surface area contributed by atoms with Gasteiger partial charge in [0, 0.05) is 11.4 Å². The Morgan fingerprint density at radius 2 is 1.75 bits per heavy atom. The molecule has 0 radical (unpaired) electrons. The Morgan fingerprint density at radius 3 is 2.46 bits per heavy atom. The molecule has 1 heterocycles. The third-order valence-electron chi connectivity index (χ3n) is 4.53. The van der Waals surface area contributed by atoms with Gasteiger partial charge >= 0.3 is 0 Å². The van der Waals surface area contributed by atoms with E-state index in [1.807, 2.05) is 36.4 Å². The molecule has 3 aromatic carbocycles. The molecule has 1 amide bonds. The maximum atomic E-state index is 13.4. The second-order valence-electron chi connectivity index (χ2n) is 6.26. The van der Waals surface area contributed by atoms with Crippen molar-refractivity contribution in [1.29, 1.82) is 5.26 Å². The van der Waals surface area contributed by atoms with Gasteiger partial charge in [0.1, 0.15) is 23.8 Å². The van der Waals surface area contributed by atoms with Gasteiger partial charge in [0.05, 0.1) is 5.56 Å². The zero-order valence-corrected chi connectivity index (χ0v) is 14.8. The standard InChI is InChI=1S/C22H16FN3O2/c23-16-7-9-17(10-8-16)26-21(15-5-11-18(12-6-15)28-14-13-24)25-20-4-2-1-3-19(20)22(26)27/h1-12,21,25H,14H2/t21-/m0/s1. The van der Waals surface area contributed by atoms with Gasteiger partial charge in [-0.25, -0.2) is 4.39 Å². The summed E-state index contributed by atoms with van der Waals surface area (Å²) in [5.74, 6) is 0.0362. The summed E-state index contributed by atoms with van der Waals surface area (Å²) in [6.07, 6.45) is -0.474. The van der Waals surface area contributed by atoms with Gasteiger partial charge in [0.2, 0.25) is 0 Å². The molecule has 0 aromatic heterocycles. The number of carbonyl (C=O) groups excluding carboxylic acids is 1. The third-order valence-corrected chi connectivity index (χ3v) is 4.53. The fourth-order valence-corrected chi connectivity index (χ4v) is 3.22. The van der Waals surface area contributed by atoms with Crippen LogP contribution in [-0.2, 0) is 0 Å². The first-order chi connectivity index (χ1) is 13.7. The van der Waals surface area contributed by atoms with Crippen LogP contribution in [0.3, 0.4) is 0 Å². The van der Waals surface area contributed by atoms with Crippen LogP contribution < -0.4 is 15.0 Å². The number of hydrogen-bond acceptors (Lipinski definition) is 4. The summed E-state index contributed by atoms with van der Waals surface area (Å²) in [6, 6.07) is 22.2. The van der Waals surface area contributed by atoms with Gasteiger partial charge in [0.25, 0.3) is 5.91 Å². The van der Waals surface area contributed by atoms with E-state index >= 15 is 0 Å². The van der Waals surface area contributed by atoms with E-state index in [0.717, 1.165) is 11.3 Å². The lowest BCUT2D eigenvalue weighted by Crippen LogP contribution is -2.43. The van der Waals surface area contributed by atoms with E-state index in [-0.39, 0.29) is 18.3 Å². The first-order valence-corrected chi connectivity index (χ1v) is 8.72. The van der Waals surface area contributed by atoms with Gasteiger partial charge in [-0.2, -0.15) is 5.26 Å². The summed E-state index contributed by atoms with van der Waals surface area (Å²) in [4.78, 5) is 14.8. The van der Waals surface area contributed by atoms with Crippen molar-refractivity contribution in [2.75, 3.05) is 16.8 Å². The molecule has 0 fully saturated rings. The summed E-state index contributed by atoms with van der Waals surface area (Å²) in [7, 11) is 0. The van der Waals surface area contributed by atoms with Crippen LogP contribution >= 0.6 is 0 Å². The Hall–Kier alpha value is -3.85. The summed E-state index contributed by atoms with van der Waals surface area (Å²) >= 11 is 0. The number of benzene rings is 3. The van der Waals surface area contributed by atoms with Crippen molar-refractivity contribution in [1.82, 2.24) is 0 Å². The minimum Gasteiger partial charge on any atom is -0.479 e. The minimum atomic E-state index is -0.474. The number of carbonyl (C=O) groups is 1. The highest BCUT2D eigenvalue weighted by Gasteiger charge is 2.33. The Kier molecular flexibility index (Phi) is 4.65. The topological polar surface area (TPSA) is 65.4 Å². The van der Waals surface area contributed by atoms with Crippen LogP contribution in [0, 0.1) is 17.1 Å². The number of nitriles is 1. The second kappa shape index (κ2) is 7.41. The number of halogens is 1. The lowest BCUT2D eigenvalue weighted by molar-refractivity contribution is 0.0975. The largest absolute Gasteiger partial charge is 0.479 e. The van der Waals surface area contributed by atoms with Gasteiger partial charge in [-0.15, -0.1) is 0 Å². The van der Waals surface area contributed by atoms with E-state index in [2.05, 4.69) is 5.32 Å². The van der Waals surface area contributed by atoms with Crippen molar-refractivity contribution in [3.05, 3.63) is 89.7 Å². The predicted molar refractivity (Wildman–Crippen MR) is 104 cm³/mol. The SMILES string of the molecule is N#CCOc1ccc([C@H]2Nc3ccccc3C(=O)N2c2ccc(F)cc2)cc1. The van der Waals surface area contributed by atoms with Crippen LogP contribution in [0.1, 0.15) is 22.1 Å². The normalized spacial score (nSPS) is 15.4. The second-order valence-corrected chi connectivity index (χ2v) is 6.26. The van der Waals surface area contributed by atoms with Crippen LogP contribution in [0.2, 0.25) is 0 Å². The van der Waals surface area contributed by atoms with Crippen molar-refractivity contribution in [3.8, 4) is 11.8 Å². The van der Waals surface area contributed by atoms with Crippen molar-refractivity contribution in [2.24, 2.45) is 0 Å². The highest BCUT2D eigenvalue weighted by Crippen LogP contribution is 2.37. The van der Waals surface area contributed by atoms with Crippen LogP contribution in [0.5, 0.6) is 5.75 Å². The molecule has 0 saturated heterocycles. The molecular formula is C22H16FN3O2. The molecule has 0 saturated carbocycles. The quantitative estimate of drug-likeness (QED) is 0.731. The summed E-state index contributed by atoms with van der Waals surface area (Å²) < 4.78 is 18.7. The Bertz CT molecular complexity index is 1040. The van der Waals surface area contributed by atoms with E-state index in [4.69, 9.17) is 10.00 Å². The van der Waals surface area contributed by atoms with Crippen LogP contribution in [0.25, 0.3) is 0 Å². The summed E-state index contributed by atoms with van der Waals surface area (Å²) in [5.41, 5.74) is 2.71. The van der Waals surface area contributed by atoms with E-state index in [9.17, 15) is 9.18 Å². The first kappa shape index (κ1) is 17.6. The smallest absolute Gasteiger partial charge is 0.262 e. The maximum Gasteiger partial charge on any atom is 0.262 e. The number of para-hydroxylation sites is 1. The Balaban J connectivity index is 1.75. The lowest BCUT2D eigenvalue weighted by Gasteiger charge is -2.38. The molecule has 4 rings (SSSR count). The van der Waals surface area contributed by atoms with Crippen molar-refractivity contribution >= 4 is 17.3 Å². The number of hydrogen-bond donors (Lipinski definition) is 1. The van der Waals surface area contributed by atoms with E-state index in [0.29, 0.717) is 17.0 Å². The van der Waals surface area contributed by atoms with Crippen LogP contribution in [-0.4, -0.2) is 12.5 Å². The van der Waals surface area contributed by atoms with Gasteiger partial charge in [0.15, 0.2) is 6.61 Å². The molecule has 1 aliphatic heterocycles. The van der Waals surface area contributed by atoms with E-state index in [1.165, 1.54) is 12.1 Å². The first-order valence-electron chi connectivity index (χ1n) is 8.72. The number of fused-ring (bicyclic) bond motifs is 1. The fourth-order valence-electron chi connectivity index (χ4n) is 3.22. The number of nitrogens with zero attached hydrogens (tertiary/aromatic N) is 2. The van der Waals surface area contributed by atoms with E-state index < -0.39 is 6.17 Å². The Labute approximate surface area is 161 Å². The highest BCUT2D eigenvalue weighted by atomic mass is 19.1. The molecule has 0 bridgehead atoms. The fraction of sp³-hybridized carbons (Fsp3) is 0.0909. The molecule has 1 atom stereocenters. The van der Waals surface area contributed by atoms with Gasteiger partial charge in [-0.3, -0.25) is 9.69 Å². The summed E-state index contributed by atoms with van der Waals surface area (Å²) in [6.45, 7) is -0.0331. The number of ether oxygens (including phenoxy) is 1. The zero-order chi connectivity index (χ0) is 19.5. The molecule has 28 heavy (non-hydrogen) atoms. The predicted octanol–water partition coefficient (Wildman–Crippen LogP) is 4.50. The van der Waals surface area contributed by atoms with Gasteiger partial charge < -0.3 is 10.1 Å².